The maximum Gasteiger partial charge on any atom is 0.306 e. The number of hydrogen-bond donors (Lipinski definition) is 2. The predicted octanol–water partition coefficient (Wildman–Crippen LogP) is 3.94. The first-order valence-electron chi connectivity index (χ1n) is 10.0. The van der Waals surface area contributed by atoms with Crippen molar-refractivity contribution in [1.82, 2.24) is 0 Å². The van der Waals surface area contributed by atoms with E-state index in [1.165, 1.54) is 38.5 Å². The van der Waals surface area contributed by atoms with Crippen LogP contribution in [0.5, 0.6) is 0 Å². The summed E-state index contributed by atoms with van der Waals surface area (Å²) in [6.07, 6.45) is 14.2. The first-order valence-corrected chi connectivity index (χ1v) is 10.0. The molecule has 0 aliphatic heterocycles. The second kappa shape index (κ2) is 13.0. The number of aliphatic carboxylic acids is 1. The molecule has 0 heterocycles. The number of carbonyl (C=O) groups excluding carboxylic acids is 1. The molecule has 152 valence electrons. The molecule has 0 fully saturated rings. The quantitative estimate of drug-likeness (QED) is 0.245. The number of hydrogen-bond acceptors (Lipinski definition) is 3. The Morgan fingerprint density at radius 3 is 2.00 bits per heavy atom. The Kier molecular flexibility index (Phi) is 12.4. The Bertz CT molecular complexity index is 440. The van der Waals surface area contributed by atoms with Gasteiger partial charge in [-0.1, -0.05) is 51.2 Å². The van der Waals surface area contributed by atoms with Gasteiger partial charge >= 0.3 is 5.97 Å². The van der Waals surface area contributed by atoms with Gasteiger partial charge in [0, 0.05) is 6.42 Å². The summed E-state index contributed by atoms with van der Waals surface area (Å²) >= 11 is 0. The number of rotatable bonds is 16. The number of quaternary nitrogens is 1. The first-order chi connectivity index (χ1) is 12.1. The summed E-state index contributed by atoms with van der Waals surface area (Å²) < 4.78 is 0.341. The van der Waals surface area contributed by atoms with E-state index in [0.717, 1.165) is 12.8 Å². The highest BCUT2D eigenvalue weighted by Gasteiger charge is 2.42. The zero-order valence-electron chi connectivity index (χ0n) is 17.3. The summed E-state index contributed by atoms with van der Waals surface area (Å²) in [5.41, 5.74) is -1.79. The lowest BCUT2D eigenvalue weighted by Crippen LogP contribution is -2.54. The summed E-state index contributed by atoms with van der Waals surface area (Å²) in [5.74, 6) is -1.51. The standard InChI is InChI=1S/C21H39NO4/c1-5-6-7-8-9-10-11-12-13-14-15-16-19(23)21(26,17-20(24)25)18-22(2,3)4/h12-13,26H,5-11,14-18H2,1-4H3/p+1. The third-order valence-electron chi connectivity index (χ3n) is 4.36. The Hall–Kier alpha value is -1.20. The van der Waals surface area contributed by atoms with Crippen molar-refractivity contribution in [2.45, 2.75) is 83.2 Å². The lowest BCUT2D eigenvalue weighted by Gasteiger charge is -2.33. The fourth-order valence-electron chi connectivity index (χ4n) is 3.17. The molecule has 0 aliphatic carbocycles. The number of aliphatic hydroxyl groups is 1. The van der Waals surface area contributed by atoms with E-state index in [2.05, 4.69) is 19.1 Å². The van der Waals surface area contributed by atoms with Crippen LogP contribution in [0, 0.1) is 0 Å². The zero-order chi connectivity index (χ0) is 20.1. The molecule has 1 atom stereocenters. The molecule has 0 aliphatic rings. The van der Waals surface area contributed by atoms with E-state index in [0.29, 0.717) is 10.9 Å². The van der Waals surface area contributed by atoms with Gasteiger partial charge in [0.1, 0.15) is 6.54 Å². The minimum Gasteiger partial charge on any atom is -0.481 e. The maximum atomic E-state index is 12.4. The molecule has 1 unspecified atom stereocenters. The van der Waals surface area contributed by atoms with Crippen LogP contribution in [-0.4, -0.2) is 59.7 Å². The number of ketones is 1. The smallest absolute Gasteiger partial charge is 0.306 e. The van der Waals surface area contributed by atoms with E-state index in [4.69, 9.17) is 5.11 Å². The van der Waals surface area contributed by atoms with Crippen molar-refractivity contribution < 1.29 is 24.3 Å². The molecule has 5 nitrogen and oxygen atoms in total. The summed E-state index contributed by atoms with van der Waals surface area (Å²) in [5, 5.41) is 19.6. The molecule has 0 aromatic heterocycles. The number of nitrogens with zero attached hydrogens (tertiary/aromatic N) is 1. The number of allylic oxidation sites excluding steroid dienone is 2. The number of carboxylic acid groups (broad SMARTS) is 1. The van der Waals surface area contributed by atoms with E-state index in [-0.39, 0.29) is 18.7 Å². The lowest BCUT2D eigenvalue weighted by molar-refractivity contribution is -0.875. The minimum absolute atomic E-state index is 0.103. The summed E-state index contributed by atoms with van der Waals surface area (Å²) in [6.45, 7) is 2.32. The molecule has 0 aromatic carbocycles. The molecular weight excluding hydrogens is 330 g/mol. The van der Waals surface area contributed by atoms with E-state index >= 15 is 0 Å². The van der Waals surface area contributed by atoms with Crippen LogP contribution >= 0.6 is 0 Å². The van der Waals surface area contributed by atoms with Crippen LogP contribution in [0.15, 0.2) is 12.2 Å². The minimum atomic E-state index is -1.79. The highest BCUT2D eigenvalue weighted by molar-refractivity contribution is 5.91. The molecule has 0 saturated carbocycles. The van der Waals surface area contributed by atoms with Crippen LogP contribution in [0.4, 0.5) is 0 Å². The van der Waals surface area contributed by atoms with Crippen LogP contribution in [0.1, 0.15) is 77.6 Å². The molecule has 0 aromatic rings. The molecule has 26 heavy (non-hydrogen) atoms. The molecule has 0 radical (unpaired) electrons. The van der Waals surface area contributed by atoms with Crippen molar-refractivity contribution in [3.63, 3.8) is 0 Å². The van der Waals surface area contributed by atoms with Gasteiger partial charge in [0.25, 0.3) is 0 Å². The Morgan fingerprint density at radius 2 is 1.46 bits per heavy atom. The molecule has 5 heteroatoms. The number of carboxylic acids is 1. The van der Waals surface area contributed by atoms with Gasteiger partial charge < -0.3 is 14.7 Å². The average Bonchev–Trinajstić information content (AvgIpc) is 2.49. The highest BCUT2D eigenvalue weighted by Crippen LogP contribution is 2.19. The third kappa shape index (κ3) is 13.1. The normalized spacial score (nSPS) is 14.5. The van der Waals surface area contributed by atoms with Gasteiger partial charge in [0.05, 0.1) is 27.6 Å². The maximum absolute atomic E-state index is 12.4. The van der Waals surface area contributed by atoms with Crippen LogP contribution in [0.3, 0.4) is 0 Å². The van der Waals surface area contributed by atoms with E-state index in [1.807, 2.05) is 21.1 Å². The Balaban J connectivity index is 4.12. The molecule has 0 spiro atoms. The predicted molar refractivity (Wildman–Crippen MR) is 106 cm³/mol. The van der Waals surface area contributed by atoms with E-state index in [1.54, 1.807) is 0 Å². The summed E-state index contributed by atoms with van der Waals surface area (Å²) in [4.78, 5) is 23.4. The fraction of sp³-hybridized carbons (Fsp3) is 0.810. The van der Waals surface area contributed by atoms with Crippen molar-refractivity contribution >= 4 is 11.8 Å². The summed E-state index contributed by atoms with van der Waals surface area (Å²) in [6, 6.07) is 0. The Morgan fingerprint density at radius 1 is 0.923 bits per heavy atom. The average molecular weight is 371 g/mol. The van der Waals surface area contributed by atoms with Crippen LogP contribution in [-0.2, 0) is 9.59 Å². The number of likely N-dealkylation sites (N-methyl/N-ethyl adjacent to an activating group) is 1. The van der Waals surface area contributed by atoms with Gasteiger partial charge in [-0.2, -0.15) is 0 Å². The second-order valence-corrected chi connectivity index (χ2v) is 8.39. The van der Waals surface area contributed by atoms with Crippen LogP contribution < -0.4 is 0 Å². The van der Waals surface area contributed by atoms with Crippen molar-refractivity contribution in [3.8, 4) is 0 Å². The van der Waals surface area contributed by atoms with Crippen molar-refractivity contribution in [3.05, 3.63) is 12.2 Å². The van der Waals surface area contributed by atoms with Gasteiger partial charge in [-0.15, -0.1) is 0 Å². The first kappa shape index (κ1) is 24.8. The van der Waals surface area contributed by atoms with Crippen LogP contribution in [0.2, 0.25) is 0 Å². The lowest BCUT2D eigenvalue weighted by atomic mass is 9.90. The zero-order valence-corrected chi connectivity index (χ0v) is 17.3. The largest absolute Gasteiger partial charge is 0.481 e. The highest BCUT2D eigenvalue weighted by atomic mass is 16.4. The van der Waals surface area contributed by atoms with Crippen molar-refractivity contribution in [1.29, 1.82) is 0 Å². The topological polar surface area (TPSA) is 74.6 Å². The molecular formula is C21H40NO4+. The van der Waals surface area contributed by atoms with Gasteiger partial charge in [-0.3, -0.25) is 9.59 Å². The number of Topliss-reactive ketones (excluding diaryl/α,β-unsaturated/α-hetero) is 1. The van der Waals surface area contributed by atoms with E-state index < -0.39 is 18.0 Å². The van der Waals surface area contributed by atoms with Gasteiger partial charge in [-0.05, 0) is 25.7 Å². The van der Waals surface area contributed by atoms with E-state index in [9.17, 15) is 14.7 Å². The molecule has 2 N–H and O–H groups in total. The fourth-order valence-corrected chi connectivity index (χ4v) is 3.17. The van der Waals surface area contributed by atoms with Gasteiger partial charge in [-0.25, -0.2) is 0 Å². The van der Waals surface area contributed by atoms with Crippen LogP contribution in [0.25, 0.3) is 0 Å². The number of carbonyl (C=O) groups is 2. The SMILES string of the molecule is CCCCCCCCC=CCCCC(=O)C(O)(CC(=O)O)C[N+](C)(C)C. The monoisotopic (exact) mass is 370 g/mol. The van der Waals surface area contributed by atoms with Gasteiger partial charge in [0.2, 0.25) is 0 Å². The second-order valence-electron chi connectivity index (χ2n) is 8.39. The Labute approximate surface area is 159 Å². The summed E-state index contributed by atoms with van der Waals surface area (Å²) in [7, 11) is 5.52. The molecule has 0 saturated heterocycles. The molecule has 0 amide bonds. The third-order valence-corrected chi connectivity index (χ3v) is 4.36. The van der Waals surface area contributed by atoms with Crippen molar-refractivity contribution in [2.24, 2.45) is 0 Å². The number of unbranched alkanes of at least 4 members (excludes halogenated alkanes) is 7. The van der Waals surface area contributed by atoms with Gasteiger partial charge in [0.15, 0.2) is 11.4 Å². The van der Waals surface area contributed by atoms with Crippen molar-refractivity contribution in [2.75, 3.05) is 27.7 Å². The molecule has 0 rings (SSSR count). The molecule has 0 bridgehead atoms.